The Morgan fingerprint density at radius 1 is 1.35 bits per heavy atom. The summed E-state index contributed by atoms with van der Waals surface area (Å²) in [5.41, 5.74) is 1.03. The zero-order chi connectivity index (χ0) is 12.8. The van der Waals surface area contributed by atoms with Gasteiger partial charge in [0.25, 0.3) is 0 Å². The zero-order valence-electron chi connectivity index (χ0n) is 10.1. The second-order valence-corrected chi connectivity index (χ2v) is 4.94. The van der Waals surface area contributed by atoms with E-state index in [1.54, 1.807) is 12.1 Å². The van der Waals surface area contributed by atoms with Gasteiger partial charge in [0.05, 0.1) is 10.0 Å². The molecule has 0 saturated heterocycles. The van der Waals surface area contributed by atoms with Crippen molar-refractivity contribution in [2.45, 2.75) is 39.2 Å². The maximum atomic E-state index is 11.6. The summed E-state index contributed by atoms with van der Waals surface area (Å²) < 4.78 is 0. The molecular formula is C13H17Cl2NO. The Hall–Kier alpha value is -0.730. The number of carbonyl (C=O) groups excluding carboxylic acids is 1. The lowest BCUT2D eigenvalue weighted by atomic mass is 10.1. The Bertz CT molecular complexity index is 393. The first kappa shape index (κ1) is 14.3. The molecule has 0 aromatic heterocycles. The summed E-state index contributed by atoms with van der Waals surface area (Å²) in [5, 5.41) is 4.00. The molecule has 0 aliphatic heterocycles. The highest BCUT2D eigenvalue weighted by Crippen LogP contribution is 2.23. The number of aryl methyl sites for hydroxylation is 1. The van der Waals surface area contributed by atoms with Gasteiger partial charge in [-0.3, -0.25) is 4.79 Å². The summed E-state index contributed by atoms with van der Waals surface area (Å²) in [6.45, 7) is 4.04. The van der Waals surface area contributed by atoms with Gasteiger partial charge in [0.15, 0.2) is 0 Å². The number of carbonyl (C=O) groups is 1. The van der Waals surface area contributed by atoms with Gasteiger partial charge in [-0.1, -0.05) is 36.2 Å². The number of hydrogen-bond acceptors (Lipinski definition) is 1. The minimum absolute atomic E-state index is 0.0745. The van der Waals surface area contributed by atoms with Crippen LogP contribution in [-0.4, -0.2) is 11.9 Å². The van der Waals surface area contributed by atoms with Crippen LogP contribution in [-0.2, 0) is 11.2 Å². The highest BCUT2D eigenvalue weighted by molar-refractivity contribution is 6.42. The van der Waals surface area contributed by atoms with Crippen molar-refractivity contribution >= 4 is 29.1 Å². The van der Waals surface area contributed by atoms with Crippen molar-refractivity contribution in [2.75, 3.05) is 0 Å². The molecule has 4 heteroatoms. The quantitative estimate of drug-likeness (QED) is 0.868. The van der Waals surface area contributed by atoms with E-state index in [1.165, 1.54) is 0 Å². The maximum Gasteiger partial charge on any atom is 0.220 e. The smallest absolute Gasteiger partial charge is 0.220 e. The summed E-state index contributed by atoms with van der Waals surface area (Å²) in [6, 6.07) is 5.69. The fourth-order valence-electron chi connectivity index (χ4n) is 1.40. The zero-order valence-corrected chi connectivity index (χ0v) is 11.6. The Balaban J connectivity index is 2.45. The van der Waals surface area contributed by atoms with E-state index >= 15 is 0 Å². The third kappa shape index (κ3) is 4.97. The van der Waals surface area contributed by atoms with Gasteiger partial charge in [-0.05, 0) is 37.5 Å². The lowest BCUT2D eigenvalue weighted by Gasteiger charge is -2.11. The average Bonchev–Trinajstić information content (AvgIpc) is 2.30. The predicted molar refractivity (Wildman–Crippen MR) is 72.7 cm³/mol. The molecule has 94 valence electrons. The fourth-order valence-corrected chi connectivity index (χ4v) is 1.72. The molecule has 0 saturated carbocycles. The molecule has 2 nitrogen and oxygen atoms in total. The largest absolute Gasteiger partial charge is 0.354 e. The minimum atomic E-state index is 0.0745. The van der Waals surface area contributed by atoms with E-state index in [1.807, 2.05) is 19.9 Å². The van der Waals surface area contributed by atoms with Gasteiger partial charge >= 0.3 is 0 Å². The van der Waals surface area contributed by atoms with Crippen molar-refractivity contribution in [3.8, 4) is 0 Å². The number of benzene rings is 1. The van der Waals surface area contributed by atoms with E-state index in [0.29, 0.717) is 22.9 Å². The third-order valence-corrected chi connectivity index (χ3v) is 3.38. The van der Waals surface area contributed by atoms with Crippen LogP contribution in [0.25, 0.3) is 0 Å². The molecule has 1 aromatic rings. The lowest BCUT2D eigenvalue weighted by Crippen LogP contribution is -2.31. The van der Waals surface area contributed by atoms with E-state index in [-0.39, 0.29) is 11.9 Å². The van der Waals surface area contributed by atoms with Crippen molar-refractivity contribution in [3.63, 3.8) is 0 Å². The predicted octanol–water partition coefficient (Wildman–Crippen LogP) is 3.84. The van der Waals surface area contributed by atoms with Crippen molar-refractivity contribution in [1.29, 1.82) is 0 Å². The second-order valence-electron chi connectivity index (χ2n) is 4.13. The van der Waals surface area contributed by atoms with E-state index in [4.69, 9.17) is 23.2 Å². The summed E-state index contributed by atoms with van der Waals surface area (Å²) >= 11 is 11.7. The van der Waals surface area contributed by atoms with Gasteiger partial charge < -0.3 is 5.32 Å². The molecule has 1 amide bonds. The molecule has 0 bridgehead atoms. The molecule has 1 rings (SSSR count). The van der Waals surface area contributed by atoms with E-state index < -0.39 is 0 Å². The highest BCUT2D eigenvalue weighted by Gasteiger charge is 2.06. The average molecular weight is 274 g/mol. The molecule has 0 aliphatic rings. The summed E-state index contributed by atoms with van der Waals surface area (Å²) in [4.78, 5) is 11.6. The summed E-state index contributed by atoms with van der Waals surface area (Å²) in [7, 11) is 0. The number of hydrogen-bond donors (Lipinski definition) is 1. The van der Waals surface area contributed by atoms with Crippen molar-refractivity contribution in [3.05, 3.63) is 33.8 Å². The van der Waals surface area contributed by atoms with Gasteiger partial charge in [-0.2, -0.15) is 0 Å². The molecule has 1 N–H and O–H groups in total. The van der Waals surface area contributed by atoms with Crippen LogP contribution in [0.3, 0.4) is 0 Å². The molecule has 0 spiro atoms. The van der Waals surface area contributed by atoms with E-state index in [2.05, 4.69) is 5.32 Å². The third-order valence-electron chi connectivity index (χ3n) is 2.64. The summed E-state index contributed by atoms with van der Waals surface area (Å²) in [6.07, 6.45) is 2.10. The summed E-state index contributed by atoms with van der Waals surface area (Å²) in [5.74, 6) is 0.0745. The standard InChI is InChI=1S/C13H17Cl2NO/c1-3-9(2)16-13(17)7-5-10-4-6-11(14)12(15)8-10/h4,6,8-9H,3,5,7H2,1-2H3,(H,16,17)/t9-/m1/s1. The Kier molecular flexibility index (Phi) is 5.79. The Labute approximate surface area is 112 Å². The second kappa shape index (κ2) is 6.87. The monoisotopic (exact) mass is 273 g/mol. The highest BCUT2D eigenvalue weighted by atomic mass is 35.5. The van der Waals surface area contributed by atoms with Crippen molar-refractivity contribution < 1.29 is 4.79 Å². The molecule has 0 unspecified atom stereocenters. The van der Waals surface area contributed by atoms with Gasteiger partial charge in [0.2, 0.25) is 5.91 Å². The SMILES string of the molecule is CC[C@@H](C)NC(=O)CCc1ccc(Cl)c(Cl)c1. The Morgan fingerprint density at radius 2 is 2.06 bits per heavy atom. The first-order valence-electron chi connectivity index (χ1n) is 5.76. The van der Waals surface area contributed by atoms with Crippen molar-refractivity contribution in [2.24, 2.45) is 0 Å². The van der Waals surface area contributed by atoms with Crippen LogP contribution in [0.15, 0.2) is 18.2 Å². The van der Waals surface area contributed by atoms with Crippen LogP contribution in [0.2, 0.25) is 10.0 Å². The van der Waals surface area contributed by atoms with Crippen molar-refractivity contribution in [1.82, 2.24) is 5.32 Å². The molecule has 0 aliphatic carbocycles. The van der Waals surface area contributed by atoms with Crippen LogP contribution in [0.4, 0.5) is 0 Å². The van der Waals surface area contributed by atoms with Gasteiger partial charge in [-0.15, -0.1) is 0 Å². The van der Waals surface area contributed by atoms with Gasteiger partial charge in [0, 0.05) is 12.5 Å². The normalized spacial score (nSPS) is 12.2. The van der Waals surface area contributed by atoms with Gasteiger partial charge in [-0.25, -0.2) is 0 Å². The fraction of sp³-hybridized carbons (Fsp3) is 0.462. The maximum absolute atomic E-state index is 11.6. The number of rotatable bonds is 5. The van der Waals surface area contributed by atoms with E-state index in [9.17, 15) is 4.79 Å². The van der Waals surface area contributed by atoms with E-state index in [0.717, 1.165) is 12.0 Å². The van der Waals surface area contributed by atoms with Crippen LogP contribution < -0.4 is 5.32 Å². The molecule has 0 radical (unpaired) electrons. The molecule has 0 heterocycles. The lowest BCUT2D eigenvalue weighted by molar-refractivity contribution is -0.121. The van der Waals surface area contributed by atoms with Crippen LogP contribution in [0.1, 0.15) is 32.3 Å². The van der Waals surface area contributed by atoms with Crippen LogP contribution >= 0.6 is 23.2 Å². The topological polar surface area (TPSA) is 29.1 Å². The molecule has 17 heavy (non-hydrogen) atoms. The van der Waals surface area contributed by atoms with Gasteiger partial charge in [0.1, 0.15) is 0 Å². The number of amides is 1. The molecule has 1 aromatic carbocycles. The minimum Gasteiger partial charge on any atom is -0.354 e. The molecule has 0 fully saturated rings. The number of nitrogens with one attached hydrogen (secondary N) is 1. The Morgan fingerprint density at radius 3 is 2.65 bits per heavy atom. The molecular weight excluding hydrogens is 257 g/mol. The van der Waals surface area contributed by atoms with Crippen LogP contribution in [0, 0.1) is 0 Å². The number of halogens is 2. The van der Waals surface area contributed by atoms with Crippen LogP contribution in [0.5, 0.6) is 0 Å². The molecule has 1 atom stereocenters. The first-order valence-corrected chi connectivity index (χ1v) is 6.51. The first-order chi connectivity index (χ1) is 8.02.